The van der Waals surface area contributed by atoms with Gasteiger partial charge in [-0.1, -0.05) is 32.0 Å². The second-order valence-electron chi connectivity index (χ2n) is 10.9. The van der Waals surface area contributed by atoms with Crippen molar-refractivity contribution in [1.82, 2.24) is 14.8 Å². The van der Waals surface area contributed by atoms with Crippen molar-refractivity contribution in [3.8, 4) is 28.4 Å². The third-order valence-electron chi connectivity index (χ3n) is 7.20. The molecular weight excluding hydrogens is 580 g/mol. The van der Waals surface area contributed by atoms with Gasteiger partial charge >= 0.3 is 12.2 Å². The smallest absolute Gasteiger partial charge is 0.417 e. The molecular formula is C31H32F4N6O3. The normalized spacial score (nSPS) is 13.2. The maximum atomic E-state index is 15.0. The fourth-order valence-corrected chi connectivity index (χ4v) is 5.18. The van der Waals surface area contributed by atoms with Gasteiger partial charge in [-0.3, -0.25) is 0 Å². The van der Waals surface area contributed by atoms with Gasteiger partial charge in [-0.15, -0.1) is 0 Å². The number of alkyl halides is 3. The number of carbonyl (C=O) groups excluding carboxylic acids is 1. The predicted molar refractivity (Wildman–Crippen MR) is 158 cm³/mol. The van der Waals surface area contributed by atoms with Crippen molar-refractivity contribution >= 4 is 17.5 Å². The van der Waals surface area contributed by atoms with Crippen molar-refractivity contribution in [3.63, 3.8) is 0 Å². The molecule has 0 saturated carbocycles. The number of amides is 2. The molecule has 0 atom stereocenters. The van der Waals surface area contributed by atoms with Crippen molar-refractivity contribution in [3.05, 3.63) is 76.9 Å². The van der Waals surface area contributed by atoms with E-state index in [1.807, 2.05) is 39.0 Å². The molecule has 5 rings (SSSR count). The molecule has 0 saturated heterocycles. The largest absolute Gasteiger partial charge is 0.495 e. The summed E-state index contributed by atoms with van der Waals surface area (Å²) < 4.78 is 68.1. The first-order valence-electron chi connectivity index (χ1n) is 13.9. The first-order chi connectivity index (χ1) is 20.9. The van der Waals surface area contributed by atoms with Crippen LogP contribution in [0.5, 0.6) is 11.5 Å². The van der Waals surface area contributed by atoms with Crippen LogP contribution in [0.2, 0.25) is 0 Å². The predicted octanol–water partition coefficient (Wildman–Crippen LogP) is 6.50. The molecule has 0 fully saturated rings. The monoisotopic (exact) mass is 612 g/mol. The zero-order valence-corrected chi connectivity index (χ0v) is 24.6. The molecule has 3 N–H and O–H groups in total. The Morgan fingerprint density at radius 1 is 1.16 bits per heavy atom. The highest BCUT2D eigenvalue weighted by atomic mass is 19.4. The van der Waals surface area contributed by atoms with Gasteiger partial charge in [-0.05, 0) is 42.7 Å². The number of methoxy groups -OCH3 is 1. The van der Waals surface area contributed by atoms with E-state index in [9.17, 15) is 18.0 Å². The number of carbonyl (C=O) groups is 1. The lowest BCUT2D eigenvalue weighted by molar-refractivity contribution is -0.138. The molecule has 0 unspecified atom stereocenters. The first kappa shape index (κ1) is 30.6. The second-order valence-corrected chi connectivity index (χ2v) is 10.9. The molecule has 3 heterocycles. The summed E-state index contributed by atoms with van der Waals surface area (Å²) in [6.45, 7) is 6.91. The molecule has 9 nitrogen and oxygen atoms in total. The lowest BCUT2D eigenvalue weighted by atomic mass is 9.99. The van der Waals surface area contributed by atoms with Gasteiger partial charge in [0, 0.05) is 36.8 Å². The second kappa shape index (κ2) is 12.1. The molecule has 2 amide bonds. The average Bonchev–Trinajstić information content (AvgIpc) is 3.33. The summed E-state index contributed by atoms with van der Waals surface area (Å²) in [5, 5.41) is 7.52. The van der Waals surface area contributed by atoms with Gasteiger partial charge in [0.15, 0.2) is 11.6 Å². The highest BCUT2D eigenvalue weighted by Gasteiger charge is 2.34. The van der Waals surface area contributed by atoms with E-state index >= 15 is 4.39 Å². The summed E-state index contributed by atoms with van der Waals surface area (Å²) in [5.74, 6) is -0.0252. The summed E-state index contributed by atoms with van der Waals surface area (Å²) in [6.07, 6.45) is -3.70. The van der Waals surface area contributed by atoms with E-state index in [1.165, 1.54) is 7.11 Å². The van der Waals surface area contributed by atoms with E-state index in [-0.39, 0.29) is 24.8 Å². The number of rotatable bonds is 8. The summed E-state index contributed by atoms with van der Waals surface area (Å²) in [5.41, 5.74) is 8.90. The number of pyridine rings is 1. The van der Waals surface area contributed by atoms with Crippen LogP contribution in [0.4, 0.5) is 33.9 Å². The third-order valence-corrected chi connectivity index (χ3v) is 7.20. The Bertz CT molecular complexity index is 1700. The minimum absolute atomic E-state index is 0.123. The fraction of sp³-hybridized carbons (Fsp3) is 0.323. The number of hydrogen-bond donors (Lipinski definition) is 2. The summed E-state index contributed by atoms with van der Waals surface area (Å²) in [4.78, 5) is 17.0. The zero-order valence-electron chi connectivity index (χ0n) is 24.6. The molecule has 0 aliphatic carbocycles. The zero-order chi connectivity index (χ0) is 31.8. The number of anilines is 2. The number of hydrogen-bond acceptors (Lipinski definition) is 6. The van der Waals surface area contributed by atoms with E-state index in [0.29, 0.717) is 59.4 Å². The number of fused-ring (bicyclic) bond motifs is 1. The van der Waals surface area contributed by atoms with Crippen LogP contribution in [0.3, 0.4) is 0 Å². The van der Waals surface area contributed by atoms with Crippen LogP contribution in [0, 0.1) is 18.7 Å². The number of urea groups is 1. The van der Waals surface area contributed by atoms with E-state index < -0.39 is 23.6 Å². The SMILES string of the molecule is COc1cc(-c2c3c(nn2-c2c(C)cccc2OCC(C)C)CCN(c2ncc(C(F)(F)F)cc2F)C3)ccc1NC(N)=O. The van der Waals surface area contributed by atoms with Gasteiger partial charge in [0.1, 0.15) is 17.2 Å². The van der Waals surface area contributed by atoms with Crippen LogP contribution in [0.25, 0.3) is 16.9 Å². The molecule has 2 aromatic carbocycles. The first-order valence-corrected chi connectivity index (χ1v) is 13.9. The summed E-state index contributed by atoms with van der Waals surface area (Å²) in [7, 11) is 1.46. The summed E-state index contributed by atoms with van der Waals surface area (Å²) in [6, 6.07) is 10.5. The van der Waals surface area contributed by atoms with Crippen LogP contribution in [0.15, 0.2) is 48.7 Å². The van der Waals surface area contributed by atoms with Gasteiger partial charge in [-0.25, -0.2) is 18.9 Å². The minimum Gasteiger partial charge on any atom is -0.495 e. The number of benzene rings is 2. The number of nitrogens with one attached hydrogen (secondary N) is 1. The molecule has 13 heteroatoms. The fourth-order valence-electron chi connectivity index (χ4n) is 5.18. The highest BCUT2D eigenvalue weighted by Crippen LogP contribution is 2.40. The number of para-hydroxylation sites is 1. The van der Waals surface area contributed by atoms with Gasteiger partial charge in [0.2, 0.25) is 0 Å². The van der Waals surface area contributed by atoms with Crippen LogP contribution >= 0.6 is 0 Å². The van der Waals surface area contributed by atoms with Gasteiger partial charge in [0.25, 0.3) is 0 Å². The van der Waals surface area contributed by atoms with E-state index in [1.54, 1.807) is 27.8 Å². The number of aryl methyl sites for hydroxylation is 1. The minimum atomic E-state index is -4.72. The molecule has 0 spiro atoms. The Morgan fingerprint density at radius 3 is 2.59 bits per heavy atom. The van der Waals surface area contributed by atoms with Crippen molar-refractivity contribution in [2.45, 2.75) is 39.9 Å². The lowest BCUT2D eigenvalue weighted by Crippen LogP contribution is -2.32. The number of aromatic nitrogens is 3. The summed E-state index contributed by atoms with van der Waals surface area (Å²) >= 11 is 0. The number of halogens is 4. The number of nitrogens with zero attached hydrogens (tertiary/aromatic N) is 4. The Balaban J connectivity index is 1.67. The molecule has 4 aromatic rings. The number of nitrogens with two attached hydrogens (primary N) is 1. The van der Waals surface area contributed by atoms with Crippen LogP contribution in [-0.2, 0) is 19.1 Å². The Kier molecular flexibility index (Phi) is 8.40. The van der Waals surface area contributed by atoms with E-state index in [2.05, 4.69) is 10.3 Å². The quantitative estimate of drug-likeness (QED) is 0.220. The van der Waals surface area contributed by atoms with Gasteiger partial charge in [-0.2, -0.15) is 18.3 Å². The Labute approximate surface area is 251 Å². The molecule has 44 heavy (non-hydrogen) atoms. The number of ether oxygens (including phenoxy) is 2. The molecule has 2 aromatic heterocycles. The highest BCUT2D eigenvalue weighted by molar-refractivity contribution is 5.90. The van der Waals surface area contributed by atoms with Crippen molar-refractivity contribution in [2.75, 3.05) is 30.5 Å². The van der Waals surface area contributed by atoms with E-state index in [4.69, 9.17) is 20.3 Å². The lowest BCUT2D eigenvalue weighted by Gasteiger charge is -2.28. The topological polar surface area (TPSA) is 108 Å². The van der Waals surface area contributed by atoms with Gasteiger partial charge < -0.3 is 25.4 Å². The molecule has 0 radical (unpaired) electrons. The molecule has 1 aliphatic heterocycles. The van der Waals surface area contributed by atoms with Crippen molar-refractivity contribution < 1.29 is 31.8 Å². The average molecular weight is 613 g/mol. The molecule has 1 aliphatic rings. The maximum absolute atomic E-state index is 15.0. The van der Waals surface area contributed by atoms with E-state index in [0.717, 1.165) is 16.8 Å². The van der Waals surface area contributed by atoms with Crippen LogP contribution < -0.4 is 25.4 Å². The Morgan fingerprint density at radius 2 is 1.93 bits per heavy atom. The molecule has 0 bridgehead atoms. The number of primary amides is 1. The standard InChI is InChI=1S/C31H32F4N6O3/c1-17(2)16-44-25-7-5-6-18(3)27(25)41-28(19-8-9-24(38-30(36)42)26(12-19)43-4)21-15-40(11-10-23(21)39-41)29-22(32)13-20(14-37-29)31(33,34)35/h5-9,12-14,17H,10-11,15-16H2,1-4H3,(H3,36,38,42). The van der Waals surface area contributed by atoms with Crippen molar-refractivity contribution in [1.29, 1.82) is 0 Å². The van der Waals surface area contributed by atoms with Gasteiger partial charge in [0.05, 0.1) is 36.4 Å². The third kappa shape index (κ3) is 6.12. The Hall–Kier alpha value is -4.81. The maximum Gasteiger partial charge on any atom is 0.417 e. The van der Waals surface area contributed by atoms with Crippen LogP contribution in [0.1, 0.15) is 36.2 Å². The van der Waals surface area contributed by atoms with Crippen LogP contribution in [-0.4, -0.2) is 41.1 Å². The molecule has 232 valence electrons. The van der Waals surface area contributed by atoms with Crippen molar-refractivity contribution in [2.24, 2.45) is 11.7 Å².